The lowest BCUT2D eigenvalue weighted by Crippen LogP contribution is -2.33. The van der Waals surface area contributed by atoms with Gasteiger partial charge in [-0.1, -0.05) is 23.7 Å². The topological polar surface area (TPSA) is 49.4 Å². The summed E-state index contributed by atoms with van der Waals surface area (Å²) >= 11 is 5.88. The highest BCUT2D eigenvalue weighted by molar-refractivity contribution is 6.30. The molecule has 1 saturated heterocycles. The van der Waals surface area contributed by atoms with Crippen molar-refractivity contribution in [3.05, 3.63) is 58.6 Å². The van der Waals surface area contributed by atoms with Crippen LogP contribution >= 0.6 is 11.6 Å². The summed E-state index contributed by atoms with van der Waals surface area (Å²) in [7, 11) is 0. The van der Waals surface area contributed by atoms with E-state index in [2.05, 4.69) is 5.32 Å². The second kappa shape index (κ2) is 6.65. The molecule has 5 heteroatoms. The zero-order valence-electron chi connectivity index (χ0n) is 13.7. The summed E-state index contributed by atoms with van der Waals surface area (Å²) in [5.74, 6) is -1.06. The molecule has 2 aromatic carbocycles. The lowest BCUT2D eigenvalue weighted by atomic mass is 10.1. The fourth-order valence-corrected chi connectivity index (χ4v) is 3.02. The first kappa shape index (κ1) is 16.5. The van der Waals surface area contributed by atoms with E-state index in [0.29, 0.717) is 18.0 Å². The van der Waals surface area contributed by atoms with Gasteiger partial charge in [0.15, 0.2) is 0 Å². The molecule has 1 aliphatic heterocycles. The molecule has 1 aliphatic rings. The number of carbonyl (C=O) groups excluding carboxylic acids is 2. The quantitative estimate of drug-likeness (QED) is 0.859. The highest BCUT2D eigenvalue weighted by Crippen LogP contribution is 2.27. The molecule has 1 heterocycles. The van der Waals surface area contributed by atoms with E-state index in [9.17, 15) is 9.59 Å². The molecule has 1 N–H and O–H groups in total. The predicted octanol–water partition coefficient (Wildman–Crippen LogP) is 3.95. The number of nitrogens with zero attached hydrogens (tertiary/aromatic N) is 1. The van der Waals surface area contributed by atoms with E-state index in [-0.39, 0.29) is 11.8 Å². The number of carbonyl (C=O) groups is 2. The smallest absolute Gasteiger partial charge is 0.239 e. The van der Waals surface area contributed by atoms with E-state index in [0.717, 1.165) is 22.5 Å². The van der Waals surface area contributed by atoms with Crippen molar-refractivity contribution >= 4 is 34.8 Å². The molecule has 2 amide bonds. The highest BCUT2D eigenvalue weighted by atomic mass is 35.5. The maximum Gasteiger partial charge on any atom is 0.239 e. The average Bonchev–Trinajstić information content (AvgIpc) is 2.93. The van der Waals surface area contributed by atoms with Crippen LogP contribution in [0.2, 0.25) is 5.02 Å². The fraction of sp³-hybridized carbons (Fsp3) is 0.263. The molecule has 1 atom stereocenters. The van der Waals surface area contributed by atoms with E-state index < -0.39 is 5.92 Å². The van der Waals surface area contributed by atoms with Gasteiger partial charge < -0.3 is 10.2 Å². The molecule has 124 valence electrons. The second-order valence-corrected chi connectivity index (χ2v) is 6.55. The van der Waals surface area contributed by atoms with Crippen LogP contribution in [0.25, 0.3) is 0 Å². The van der Waals surface area contributed by atoms with E-state index in [1.54, 1.807) is 29.2 Å². The lowest BCUT2D eigenvalue weighted by Gasteiger charge is -2.17. The highest BCUT2D eigenvalue weighted by Gasteiger charge is 2.37. The standard InChI is InChI=1S/C19H19ClN2O2/c1-12-3-4-13(2)17(11-12)21-18(23)16-9-10-22(19(16)24)15-7-5-14(20)6-8-15/h3-8,11,16H,9-10H2,1-2H3,(H,21,23). The summed E-state index contributed by atoms with van der Waals surface area (Å²) in [5, 5.41) is 3.52. The Labute approximate surface area is 146 Å². The Morgan fingerprint density at radius 2 is 1.88 bits per heavy atom. The van der Waals surface area contributed by atoms with E-state index in [4.69, 9.17) is 11.6 Å². The molecule has 0 aromatic heterocycles. The number of rotatable bonds is 3. The molecule has 0 bridgehead atoms. The molecule has 1 fully saturated rings. The Hall–Kier alpha value is -2.33. The molecule has 3 rings (SSSR count). The van der Waals surface area contributed by atoms with Crippen molar-refractivity contribution in [2.24, 2.45) is 5.92 Å². The van der Waals surface area contributed by atoms with Gasteiger partial charge in [0.2, 0.25) is 11.8 Å². The molecule has 2 aromatic rings. The maximum atomic E-state index is 12.6. The second-order valence-electron chi connectivity index (χ2n) is 6.12. The van der Waals surface area contributed by atoms with Gasteiger partial charge in [0, 0.05) is 22.9 Å². The normalized spacial score (nSPS) is 17.2. The summed E-state index contributed by atoms with van der Waals surface area (Å²) in [6.45, 7) is 4.44. The summed E-state index contributed by atoms with van der Waals surface area (Å²) in [5.41, 5.74) is 3.58. The van der Waals surface area contributed by atoms with Crippen LogP contribution in [0.15, 0.2) is 42.5 Å². The third-order valence-electron chi connectivity index (χ3n) is 4.31. The first-order valence-corrected chi connectivity index (χ1v) is 8.28. The zero-order chi connectivity index (χ0) is 17.3. The van der Waals surface area contributed by atoms with Crippen LogP contribution in [0.5, 0.6) is 0 Å². The Bertz CT molecular complexity index is 786. The van der Waals surface area contributed by atoms with Crippen molar-refractivity contribution in [1.82, 2.24) is 0 Å². The zero-order valence-corrected chi connectivity index (χ0v) is 14.4. The Morgan fingerprint density at radius 1 is 1.17 bits per heavy atom. The third kappa shape index (κ3) is 3.29. The molecule has 4 nitrogen and oxygen atoms in total. The molecule has 0 spiro atoms. The lowest BCUT2D eigenvalue weighted by molar-refractivity contribution is -0.129. The van der Waals surface area contributed by atoms with Gasteiger partial charge in [-0.3, -0.25) is 9.59 Å². The van der Waals surface area contributed by atoms with Gasteiger partial charge in [0.25, 0.3) is 0 Å². The third-order valence-corrected chi connectivity index (χ3v) is 4.56. The number of amides is 2. The van der Waals surface area contributed by atoms with Gasteiger partial charge in [0.1, 0.15) is 5.92 Å². The number of anilines is 2. The van der Waals surface area contributed by atoms with Crippen LogP contribution in [0.4, 0.5) is 11.4 Å². The summed E-state index contributed by atoms with van der Waals surface area (Å²) in [6.07, 6.45) is 0.512. The minimum Gasteiger partial charge on any atom is -0.325 e. The van der Waals surface area contributed by atoms with Crippen LogP contribution < -0.4 is 10.2 Å². The van der Waals surface area contributed by atoms with Gasteiger partial charge in [-0.05, 0) is 61.7 Å². The number of aryl methyl sites for hydroxylation is 2. The number of halogens is 1. The number of hydrogen-bond acceptors (Lipinski definition) is 2. The van der Waals surface area contributed by atoms with Crippen LogP contribution in [0.3, 0.4) is 0 Å². The van der Waals surface area contributed by atoms with Crippen molar-refractivity contribution in [2.45, 2.75) is 20.3 Å². The van der Waals surface area contributed by atoms with E-state index >= 15 is 0 Å². The molecule has 0 saturated carbocycles. The van der Waals surface area contributed by atoms with Gasteiger partial charge in [-0.15, -0.1) is 0 Å². The predicted molar refractivity (Wildman–Crippen MR) is 96.5 cm³/mol. The Balaban J connectivity index is 1.73. The SMILES string of the molecule is Cc1ccc(C)c(NC(=O)C2CCN(c3ccc(Cl)cc3)C2=O)c1. The van der Waals surface area contributed by atoms with Gasteiger partial charge >= 0.3 is 0 Å². The molecule has 0 radical (unpaired) electrons. The van der Waals surface area contributed by atoms with Crippen molar-refractivity contribution in [2.75, 3.05) is 16.8 Å². The number of nitrogens with one attached hydrogen (secondary N) is 1. The summed E-state index contributed by atoms with van der Waals surface area (Å²) in [6, 6.07) is 13.0. The molecular weight excluding hydrogens is 324 g/mol. The average molecular weight is 343 g/mol. The Morgan fingerprint density at radius 3 is 2.58 bits per heavy atom. The van der Waals surface area contributed by atoms with Crippen LogP contribution in [0.1, 0.15) is 17.5 Å². The van der Waals surface area contributed by atoms with Crippen LogP contribution in [0, 0.1) is 19.8 Å². The summed E-state index contributed by atoms with van der Waals surface area (Å²) in [4.78, 5) is 26.8. The van der Waals surface area contributed by atoms with Crippen molar-refractivity contribution < 1.29 is 9.59 Å². The first-order valence-electron chi connectivity index (χ1n) is 7.91. The summed E-state index contributed by atoms with van der Waals surface area (Å²) < 4.78 is 0. The molecule has 0 aliphatic carbocycles. The number of benzene rings is 2. The first-order chi connectivity index (χ1) is 11.5. The van der Waals surface area contributed by atoms with Gasteiger partial charge in [-0.25, -0.2) is 0 Å². The van der Waals surface area contributed by atoms with Crippen LogP contribution in [-0.2, 0) is 9.59 Å². The largest absolute Gasteiger partial charge is 0.325 e. The number of hydrogen-bond donors (Lipinski definition) is 1. The van der Waals surface area contributed by atoms with Crippen LogP contribution in [-0.4, -0.2) is 18.4 Å². The van der Waals surface area contributed by atoms with Crippen molar-refractivity contribution in [1.29, 1.82) is 0 Å². The maximum absolute atomic E-state index is 12.6. The van der Waals surface area contributed by atoms with E-state index in [1.165, 1.54) is 0 Å². The van der Waals surface area contributed by atoms with E-state index in [1.807, 2.05) is 32.0 Å². The van der Waals surface area contributed by atoms with Gasteiger partial charge in [0.05, 0.1) is 0 Å². The fourth-order valence-electron chi connectivity index (χ4n) is 2.89. The minimum atomic E-state index is -0.652. The van der Waals surface area contributed by atoms with Crippen molar-refractivity contribution in [3.63, 3.8) is 0 Å². The minimum absolute atomic E-state index is 0.167. The molecule has 1 unspecified atom stereocenters. The Kier molecular flexibility index (Phi) is 4.58. The molecule has 24 heavy (non-hydrogen) atoms. The molecular formula is C19H19ClN2O2. The van der Waals surface area contributed by atoms with Crippen molar-refractivity contribution in [3.8, 4) is 0 Å². The monoisotopic (exact) mass is 342 g/mol. The van der Waals surface area contributed by atoms with Gasteiger partial charge in [-0.2, -0.15) is 0 Å².